The molecule has 6 nitrogen and oxygen atoms in total. The average Bonchev–Trinajstić information content (AvgIpc) is 2.36. The molecule has 0 saturated heterocycles. The molecule has 23 heavy (non-hydrogen) atoms. The van der Waals surface area contributed by atoms with E-state index in [1.807, 2.05) is 0 Å². The Morgan fingerprint density at radius 3 is 2.26 bits per heavy atom. The molecule has 0 fully saturated rings. The molecule has 1 rings (SSSR count). The molecule has 0 spiro atoms. The van der Waals surface area contributed by atoms with Gasteiger partial charge >= 0.3 is 18.0 Å². The highest BCUT2D eigenvalue weighted by Crippen LogP contribution is 2.36. The fraction of sp³-hybridized carbons (Fsp3) is 0.182. The third kappa shape index (κ3) is 4.86. The lowest BCUT2D eigenvalue weighted by atomic mass is 10.2. The molecule has 1 aromatic rings. The van der Waals surface area contributed by atoms with Gasteiger partial charge in [-0.3, -0.25) is 15.5 Å². The highest BCUT2D eigenvalue weighted by molar-refractivity contribution is 5.88. The van der Waals surface area contributed by atoms with Gasteiger partial charge in [0.05, 0.1) is 10.5 Å². The molecule has 126 valence electrons. The monoisotopic (exact) mass is 343 g/mol. The first-order valence-corrected chi connectivity index (χ1v) is 5.48. The van der Waals surface area contributed by atoms with E-state index in [9.17, 15) is 36.5 Å². The smallest absolute Gasteiger partial charge is 0.430 e. The van der Waals surface area contributed by atoms with Gasteiger partial charge in [0.1, 0.15) is 5.70 Å². The van der Waals surface area contributed by atoms with E-state index in [2.05, 4.69) is 10.5 Å². The van der Waals surface area contributed by atoms with Crippen LogP contribution in [0.3, 0.4) is 0 Å². The van der Waals surface area contributed by atoms with Crippen molar-refractivity contribution in [1.82, 2.24) is 0 Å². The summed E-state index contributed by atoms with van der Waals surface area (Å²) in [6.45, 7) is 0. The van der Waals surface area contributed by atoms with E-state index < -0.39 is 45.9 Å². The van der Waals surface area contributed by atoms with Crippen LogP contribution in [0.25, 0.3) is 0 Å². The van der Waals surface area contributed by atoms with E-state index in [0.29, 0.717) is 12.1 Å². The molecule has 0 aliphatic carbocycles. The number of hydrogen-bond donors (Lipinski definition) is 2. The number of alkyl halides is 6. The fourth-order valence-electron chi connectivity index (χ4n) is 1.29. The number of hydrogen-bond acceptors (Lipinski definition) is 5. The van der Waals surface area contributed by atoms with Crippen molar-refractivity contribution < 1.29 is 36.0 Å². The molecule has 0 aliphatic rings. The highest BCUT2D eigenvalue weighted by Gasteiger charge is 2.34. The van der Waals surface area contributed by atoms with Crippen LogP contribution in [0.2, 0.25) is 0 Å². The number of nitro groups is 1. The number of allylic oxidation sites excluding steroid dienone is 1. The molecule has 0 radical (unpaired) electrons. The molecule has 0 bridgehead atoms. The van der Waals surface area contributed by atoms with Crippen molar-refractivity contribution in [1.29, 1.82) is 5.41 Å². The Morgan fingerprint density at radius 2 is 1.83 bits per heavy atom. The number of rotatable bonds is 3. The second-order valence-electron chi connectivity index (χ2n) is 4.00. The van der Waals surface area contributed by atoms with Gasteiger partial charge in [-0.2, -0.15) is 26.3 Å². The van der Waals surface area contributed by atoms with Crippen LogP contribution in [0.5, 0.6) is 5.75 Å². The van der Waals surface area contributed by atoms with Crippen LogP contribution in [-0.2, 0) is 6.18 Å². The van der Waals surface area contributed by atoms with Gasteiger partial charge in [-0.25, -0.2) is 0 Å². The third-order valence-corrected chi connectivity index (χ3v) is 2.32. The van der Waals surface area contributed by atoms with Gasteiger partial charge in [-0.05, 0) is 12.1 Å². The molecule has 0 unspecified atom stereocenters. The van der Waals surface area contributed by atoms with Crippen molar-refractivity contribution >= 4 is 11.6 Å². The number of ether oxygens (including phenoxy) is 1. The van der Waals surface area contributed by atoms with Crippen LogP contribution in [0.15, 0.2) is 30.0 Å². The van der Waals surface area contributed by atoms with Crippen LogP contribution < -0.4 is 10.5 Å². The van der Waals surface area contributed by atoms with E-state index in [-0.39, 0.29) is 12.1 Å². The first-order valence-electron chi connectivity index (χ1n) is 5.48. The van der Waals surface area contributed by atoms with Crippen LogP contribution >= 0.6 is 0 Å². The minimum absolute atomic E-state index is 0.0292. The molecule has 0 aliphatic heterocycles. The molecular weight excluding hydrogens is 336 g/mol. The topological polar surface area (TPSA) is 102 Å². The van der Waals surface area contributed by atoms with Crippen molar-refractivity contribution in [2.24, 2.45) is 5.73 Å². The number of nitro benzene ring substituents is 1. The zero-order valence-electron chi connectivity index (χ0n) is 10.8. The Bertz CT molecular complexity index is 666. The maximum absolute atomic E-state index is 12.5. The quantitative estimate of drug-likeness (QED) is 0.289. The Hall–Kier alpha value is -2.79. The molecule has 0 atom stereocenters. The number of nitrogens with zero attached hydrogens (tertiary/aromatic N) is 1. The minimum Gasteiger partial charge on any atom is -0.432 e. The van der Waals surface area contributed by atoms with Crippen LogP contribution in [-0.4, -0.2) is 17.0 Å². The van der Waals surface area contributed by atoms with Gasteiger partial charge < -0.3 is 10.5 Å². The normalized spacial score (nSPS) is 12.9. The predicted octanol–water partition coefficient (Wildman–Crippen LogP) is 3.37. The van der Waals surface area contributed by atoms with E-state index in [0.717, 1.165) is 0 Å². The van der Waals surface area contributed by atoms with Gasteiger partial charge in [-0.15, -0.1) is 0 Å². The Kier molecular flexibility index (Phi) is 4.87. The number of nitrogens with one attached hydrogen (secondary N) is 1. The molecule has 0 heterocycles. The van der Waals surface area contributed by atoms with Gasteiger partial charge in [0, 0.05) is 12.1 Å². The number of halogens is 6. The van der Waals surface area contributed by atoms with E-state index >= 15 is 0 Å². The van der Waals surface area contributed by atoms with Crippen molar-refractivity contribution in [3.8, 4) is 5.75 Å². The third-order valence-electron chi connectivity index (χ3n) is 2.32. The lowest BCUT2D eigenvalue weighted by Gasteiger charge is -2.10. The van der Waals surface area contributed by atoms with Crippen molar-refractivity contribution in [3.05, 3.63) is 45.6 Å². The lowest BCUT2D eigenvalue weighted by molar-refractivity contribution is -0.385. The first kappa shape index (κ1) is 18.3. The van der Waals surface area contributed by atoms with Gasteiger partial charge in [-0.1, -0.05) is 0 Å². The zero-order chi connectivity index (χ0) is 18.0. The summed E-state index contributed by atoms with van der Waals surface area (Å²) >= 11 is 0. The molecular formula is C11H7F6N3O3. The first-order chi connectivity index (χ1) is 10.3. The van der Waals surface area contributed by atoms with Crippen molar-refractivity contribution in [2.45, 2.75) is 12.4 Å². The predicted molar refractivity (Wildman–Crippen MR) is 64.8 cm³/mol. The standard InChI is InChI=1S/C11H7F6N3O3/c12-10(13,14)5-1-2-7(6(3-5)20(21)22)23-9(19)4-8(18)11(15,16)17/h1-4,19H,18H2/b8-4-,19-9?. The fourth-order valence-corrected chi connectivity index (χ4v) is 1.29. The largest absolute Gasteiger partial charge is 0.432 e. The summed E-state index contributed by atoms with van der Waals surface area (Å²) in [5, 5.41) is 17.9. The van der Waals surface area contributed by atoms with E-state index in [1.165, 1.54) is 0 Å². The molecule has 0 amide bonds. The van der Waals surface area contributed by atoms with E-state index in [1.54, 1.807) is 0 Å². The van der Waals surface area contributed by atoms with Crippen LogP contribution in [0.4, 0.5) is 32.0 Å². The molecule has 1 aromatic carbocycles. The Balaban J connectivity index is 3.15. The summed E-state index contributed by atoms with van der Waals surface area (Å²) < 4.78 is 78.4. The SMILES string of the molecule is N=C(/C=C(\N)C(F)(F)F)Oc1ccc(C(F)(F)F)cc1[N+](=O)[O-]. The minimum atomic E-state index is -4.96. The zero-order valence-corrected chi connectivity index (χ0v) is 10.8. The Labute approximate surface area is 123 Å². The average molecular weight is 343 g/mol. The van der Waals surface area contributed by atoms with Gasteiger partial charge in [0.15, 0.2) is 0 Å². The molecule has 0 saturated carbocycles. The number of benzene rings is 1. The van der Waals surface area contributed by atoms with E-state index in [4.69, 9.17) is 5.41 Å². The maximum Gasteiger partial charge on any atom is 0.430 e. The summed E-state index contributed by atoms with van der Waals surface area (Å²) in [4.78, 5) is 9.50. The summed E-state index contributed by atoms with van der Waals surface area (Å²) in [6, 6.07) is 1.08. The van der Waals surface area contributed by atoms with Gasteiger partial charge in [0.25, 0.3) is 0 Å². The van der Waals surface area contributed by atoms with Crippen LogP contribution in [0, 0.1) is 15.5 Å². The summed E-state index contributed by atoms with van der Waals surface area (Å²) in [6.07, 6.45) is -9.79. The summed E-state index contributed by atoms with van der Waals surface area (Å²) in [7, 11) is 0. The van der Waals surface area contributed by atoms with Crippen molar-refractivity contribution in [2.75, 3.05) is 0 Å². The van der Waals surface area contributed by atoms with Crippen LogP contribution in [0.1, 0.15) is 5.56 Å². The molecule has 12 heteroatoms. The molecule has 0 aromatic heterocycles. The summed E-state index contributed by atoms with van der Waals surface area (Å²) in [5.41, 5.74) is 0.389. The second-order valence-corrected chi connectivity index (χ2v) is 4.00. The highest BCUT2D eigenvalue weighted by atomic mass is 19.4. The Morgan fingerprint density at radius 1 is 1.26 bits per heavy atom. The van der Waals surface area contributed by atoms with Gasteiger partial charge in [0.2, 0.25) is 11.6 Å². The summed E-state index contributed by atoms with van der Waals surface area (Å²) in [5.74, 6) is -2.07. The lowest BCUT2D eigenvalue weighted by Crippen LogP contribution is -2.21. The maximum atomic E-state index is 12.5. The number of nitrogens with two attached hydrogens (primary N) is 1. The second kappa shape index (κ2) is 6.14. The molecule has 3 N–H and O–H groups in total. The van der Waals surface area contributed by atoms with Crippen molar-refractivity contribution in [3.63, 3.8) is 0 Å².